The van der Waals surface area contributed by atoms with Gasteiger partial charge in [-0.1, -0.05) is 18.2 Å². The van der Waals surface area contributed by atoms with Gasteiger partial charge >= 0.3 is 6.09 Å². The molecule has 2 amide bonds. The number of fused-ring (bicyclic) bond motifs is 1. The molecule has 1 aromatic carbocycles. The van der Waals surface area contributed by atoms with Crippen LogP contribution in [0.15, 0.2) is 36.5 Å². The molecule has 0 saturated carbocycles. The van der Waals surface area contributed by atoms with Crippen LogP contribution in [0.25, 0.3) is 10.9 Å². The van der Waals surface area contributed by atoms with Crippen LogP contribution in [-0.4, -0.2) is 35.2 Å². The van der Waals surface area contributed by atoms with Gasteiger partial charge in [-0.3, -0.25) is 9.78 Å². The first-order valence-electron chi connectivity index (χ1n) is 9.14. The van der Waals surface area contributed by atoms with Crippen LogP contribution in [0.5, 0.6) is 0 Å². The predicted octanol–water partition coefficient (Wildman–Crippen LogP) is 3.20. The van der Waals surface area contributed by atoms with Crippen molar-refractivity contribution < 1.29 is 14.3 Å². The molecule has 0 radical (unpaired) electrons. The third-order valence-electron chi connectivity index (χ3n) is 3.84. The van der Waals surface area contributed by atoms with Gasteiger partial charge in [-0.05, 0) is 58.7 Å². The second-order valence-electron chi connectivity index (χ2n) is 7.35. The van der Waals surface area contributed by atoms with Crippen molar-refractivity contribution in [2.75, 3.05) is 11.9 Å². The van der Waals surface area contributed by atoms with E-state index in [-0.39, 0.29) is 5.91 Å². The van der Waals surface area contributed by atoms with Gasteiger partial charge in [-0.25, -0.2) is 4.79 Å². The van der Waals surface area contributed by atoms with Crippen molar-refractivity contribution in [3.63, 3.8) is 0 Å². The first-order valence-corrected chi connectivity index (χ1v) is 9.14. The lowest BCUT2D eigenvalue weighted by Gasteiger charge is -2.23. The van der Waals surface area contributed by atoms with E-state index in [1.807, 2.05) is 24.3 Å². The zero-order valence-electron chi connectivity index (χ0n) is 16.1. The number of unbranched alkanes of at least 4 members (excludes halogenated alkanes) is 1. The van der Waals surface area contributed by atoms with Crippen LogP contribution in [0.3, 0.4) is 0 Å². The number of nitrogens with two attached hydrogens (primary N) is 1. The fraction of sp³-hybridized carbons (Fsp3) is 0.450. The third kappa shape index (κ3) is 6.53. The number of hydrogen-bond donors (Lipinski definition) is 3. The minimum atomic E-state index is -0.717. The largest absolute Gasteiger partial charge is 0.444 e. The highest BCUT2D eigenvalue weighted by atomic mass is 16.6. The monoisotopic (exact) mass is 372 g/mol. The number of carbonyl (C=O) groups excluding carboxylic acids is 2. The first-order chi connectivity index (χ1) is 12.8. The van der Waals surface area contributed by atoms with Crippen molar-refractivity contribution in [1.29, 1.82) is 0 Å². The van der Waals surface area contributed by atoms with Crippen molar-refractivity contribution in [2.24, 2.45) is 5.73 Å². The molecule has 7 nitrogen and oxygen atoms in total. The average Bonchev–Trinajstić information content (AvgIpc) is 2.60. The van der Waals surface area contributed by atoms with E-state index in [9.17, 15) is 9.59 Å². The molecule has 4 N–H and O–H groups in total. The molecule has 0 fully saturated rings. The maximum Gasteiger partial charge on any atom is 0.408 e. The Labute approximate surface area is 159 Å². The zero-order chi connectivity index (χ0) is 19.9. The molecule has 0 bridgehead atoms. The Bertz CT molecular complexity index is 781. The highest BCUT2D eigenvalue weighted by Gasteiger charge is 2.24. The third-order valence-corrected chi connectivity index (χ3v) is 3.84. The van der Waals surface area contributed by atoms with E-state index in [0.717, 1.165) is 18.2 Å². The maximum atomic E-state index is 12.8. The van der Waals surface area contributed by atoms with Gasteiger partial charge in [0.05, 0.1) is 11.2 Å². The number of hydrogen-bond acceptors (Lipinski definition) is 5. The zero-order valence-corrected chi connectivity index (χ0v) is 16.1. The molecule has 146 valence electrons. The number of amides is 2. The summed E-state index contributed by atoms with van der Waals surface area (Å²) < 4.78 is 5.28. The Morgan fingerprint density at radius 2 is 1.93 bits per heavy atom. The number of para-hydroxylation sites is 1. The molecule has 2 aromatic rings. The summed E-state index contributed by atoms with van der Waals surface area (Å²) in [5.41, 5.74) is 6.21. The summed E-state index contributed by atoms with van der Waals surface area (Å²) in [7, 11) is 0. The van der Waals surface area contributed by atoms with E-state index in [1.165, 1.54) is 0 Å². The molecule has 1 aromatic heterocycles. The number of carbonyl (C=O) groups is 2. The van der Waals surface area contributed by atoms with Gasteiger partial charge in [0.2, 0.25) is 5.91 Å². The number of benzene rings is 1. The number of anilines is 1. The molecule has 0 aliphatic rings. The number of ether oxygens (including phenoxy) is 1. The quantitative estimate of drug-likeness (QED) is 0.647. The fourth-order valence-electron chi connectivity index (χ4n) is 2.64. The van der Waals surface area contributed by atoms with Crippen LogP contribution in [0.2, 0.25) is 0 Å². The Balaban J connectivity index is 2.13. The molecule has 1 unspecified atom stereocenters. The predicted molar refractivity (Wildman–Crippen MR) is 106 cm³/mol. The van der Waals surface area contributed by atoms with Gasteiger partial charge in [0.1, 0.15) is 11.6 Å². The number of alkyl carbamates (subject to hydrolysis) is 1. The van der Waals surface area contributed by atoms with Crippen molar-refractivity contribution in [2.45, 2.75) is 51.7 Å². The molecular formula is C20H28N4O3. The highest BCUT2D eigenvalue weighted by molar-refractivity contribution is 6.03. The van der Waals surface area contributed by atoms with Crippen molar-refractivity contribution in [3.8, 4) is 0 Å². The minimum Gasteiger partial charge on any atom is -0.444 e. The van der Waals surface area contributed by atoms with Gasteiger partial charge in [0.25, 0.3) is 0 Å². The summed E-state index contributed by atoms with van der Waals surface area (Å²) in [6.07, 6.45) is 3.02. The number of nitrogens with zero attached hydrogens (tertiary/aromatic N) is 1. The van der Waals surface area contributed by atoms with E-state index < -0.39 is 17.7 Å². The van der Waals surface area contributed by atoms with Crippen LogP contribution in [-0.2, 0) is 9.53 Å². The first kappa shape index (κ1) is 20.6. The Hall–Kier alpha value is -2.67. The Morgan fingerprint density at radius 1 is 1.19 bits per heavy atom. The summed E-state index contributed by atoms with van der Waals surface area (Å²) >= 11 is 0. The molecule has 1 atom stereocenters. The van der Waals surface area contributed by atoms with E-state index in [4.69, 9.17) is 10.5 Å². The maximum absolute atomic E-state index is 12.8. The van der Waals surface area contributed by atoms with Crippen molar-refractivity contribution in [1.82, 2.24) is 10.3 Å². The lowest BCUT2D eigenvalue weighted by molar-refractivity contribution is -0.118. The van der Waals surface area contributed by atoms with Crippen LogP contribution >= 0.6 is 0 Å². The molecule has 7 heteroatoms. The lowest BCUT2D eigenvalue weighted by Crippen LogP contribution is -2.45. The summed E-state index contributed by atoms with van der Waals surface area (Å²) in [4.78, 5) is 29.3. The van der Waals surface area contributed by atoms with Crippen LogP contribution in [0.4, 0.5) is 10.5 Å². The number of rotatable bonds is 7. The molecule has 0 aliphatic heterocycles. The second kappa shape index (κ2) is 9.32. The molecule has 0 saturated heterocycles. The van der Waals surface area contributed by atoms with E-state index >= 15 is 0 Å². The van der Waals surface area contributed by atoms with Crippen molar-refractivity contribution in [3.05, 3.63) is 36.5 Å². The fourth-order valence-corrected chi connectivity index (χ4v) is 2.64. The van der Waals surface area contributed by atoms with Crippen LogP contribution in [0.1, 0.15) is 40.0 Å². The summed E-state index contributed by atoms with van der Waals surface area (Å²) in [6, 6.07) is 8.62. The number of nitrogens with one attached hydrogen (secondary N) is 2. The molecule has 2 rings (SSSR count). The average molecular weight is 372 g/mol. The second-order valence-corrected chi connectivity index (χ2v) is 7.35. The van der Waals surface area contributed by atoms with Gasteiger partial charge in [0, 0.05) is 11.6 Å². The number of aromatic nitrogens is 1. The number of pyridine rings is 1. The highest BCUT2D eigenvalue weighted by Crippen LogP contribution is 2.21. The van der Waals surface area contributed by atoms with Gasteiger partial charge in [0.15, 0.2) is 0 Å². The SMILES string of the molecule is CC(C)(C)OC(=O)NC(CCCCN)C(=O)Nc1cccc2cccnc12. The van der Waals surface area contributed by atoms with E-state index in [0.29, 0.717) is 24.2 Å². The van der Waals surface area contributed by atoms with Crippen molar-refractivity contribution >= 4 is 28.6 Å². The van der Waals surface area contributed by atoms with Gasteiger partial charge in [-0.15, -0.1) is 0 Å². The topological polar surface area (TPSA) is 106 Å². The summed E-state index contributed by atoms with van der Waals surface area (Å²) in [5, 5.41) is 6.47. The summed E-state index contributed by atoms with van der Waals surface area (Å²) in [6.45, 7) is 5.86. The Morgan fingerprint density at radius 3 is 2.63 bits per heavy atom. The van der Waals surface area contributed by atoms with E-state index in [1.54, 1.807) is 33.0 Å². The molecule has 0 spiro atoms. The van der Waals surface area contributed by atoms with Crippen LogP contribution < -0.4 is 16.4 Å². The Kier molecular flexibility index (Phi) is 7.12. The smallest absolute Gasteiger partial charge is 0.408 e. The lowest BCUT2D eigenvalue weighted by atomic mass is 10.1. The standard InChI is InChI=1S/C20H28N4O3/c1-20(2,3)27-19(26)24-16(10-4-5-12-21)18(25)23-15-11-6-8-14-9-7-13-22-17(14)15/h6-9,11,13,16H,4-5,10,12,21H2,1-3H3,(H,23,25)(H,24,26). The molecule has 1 heterocycles. The molecular weight excluding hydrogens is 344 g/mol. The normalized spacial score (nSPS) is 12.4. The minimum absolute atomic E-state index is 0.309. The summed E-state index contributed by atoms with van der Waals surface area (Å²) in [5.74, 6) is -0.309. The van der Waals surface area contributed by atoms with E-state index in [2.05, 4.69) is 15.6 Å². The van der Waals surface area contributed by atoms with Gasteiger partial charge in [-0.2, -0.15) is 0 Å². The molecule has 27 heavy (non-hydrogen) atoms. The van der Waals surface area contributed by atoms with Gasteiger partial charge < -0.3 is 21.1 Å². The van der Waals surface area contributed by atoms with Crippen LogP contribution in [0, 0.1) is 0 Å². The molecule has 0 aliphatic carbocycles.